The molecule has 5 heteroatoms. The van der Waals surface area contributed by atoms with Gasteiger partial charge in [-0.1, -0.05) is 20.8 Å². The zero-order chi connectivity index (χ0) is 13.0. The molecule has 2 heterocycles. The fourth-order valence-corrected chi connectivity index (χ4v) is 3.51. The fourth-order valence-electron chi connectivity index (χ4n) is 1.75. The molecule has 2 rings (SSSR count). The van der Waals surface area contributed by atoms with Crippen LogP contribution in [0.4, 0.5) is 0 Å². The molecule has 0 fully saturated rings. The predicted molar refractivity (Wildman–Crippen MR) is 79.3 cm³/mol. The van der Waals surface area contributed by atoms with Gasteiger partial charge >= 0.3 is 0 Å². The lowest BCUT2D eigenvalue weighted by molar-refractivity contribution is 0.670. The van der Waals surface area contributed by atoms with E-state index in [2.05, 4.69) is 36.5 Å². The highest BCUT2D eigenvalue weighted by Gasteiger charge is 2.15. The molecule has 0 saturated heterocycles. The maximum absolute atomic E-state index is 4.75. The molecule has 0 atom stereocenters. The molecule has 3 nitrogen and oxygen atoms in total. The average molecular weight is 281 g/mol. The normalized spacial score (nSPS) is 11.3. The van der Waals surface area contributed by atoms with Gasteiger partial charge in [-0.15, -0.1) is 22.7 Å². The highest BCUT2D eigenvalue weighted by molar-refractivity contribution is 7.15. The topological polar surface area (TPSA) is 37.8 Å². The van der Waals surface area contributed by atoms with Crippen LogP contribution in [0.2, 0.25) is 0 Å². The Balaban J connectivity index is 2.21. The Morgan fingerprint density at radius 2 is 2.22 bits per heavy atom. The molecule has 0 saturated carbocycles. The lowest BCUT2D eigenvalue weighted by atomic mass is 10.1. The summed E-state index contributed by atoms with van der Waals surface area (Å²) in [5.74, 6) is 0.465. The molecule has 2 aromatic heterocycles. The van der Waals surface area contributed by atoms with Gasteiger partial charge in [0.05, 0.1) is 11.2 Å². The minimum absolute atomic E-state index is 0.465. The molecule has 0 aromatic carbocycles. The Labute approximate surface area is 116 Å². The predicted octanol–water partition coefficient (Wildman–Crippen LogP) is 3.89. The number of nitrogens with one attached hydrogen (secondary N) is 1. The molecule has 0 unspecified atom stereocenters. The van der Waals surface area contributed by atoms with E-state index in [0.29, 0.717) is 5.92 Å². The summed E-state index contributed by atoms with van der Waals surface area (Å²) in [4.78, 5) is 10.4. The Kier molecular flexibility index (Phi) is 4.86. The number of aromatic nitrogens is 2. The van der Waals surface area contributed by atoms with Crippen molar-refractivity contribution in [2.24, 2.45) is 0 Å². The van der Waals surface area contributed by atoms with Crippen LogP contribution in [0.25, 0.3) is 10.7 Å². The maximum atomic E-state index is 4.75. The summed E-state index contributed by atoms with van der Waals surface area (Å²) in [5.41, 5.74) is 4.08. The molecule has 0 spiro atoms. The third kappa shape index (κ3) is 3.16. The molecule has 0 bridgehead atoms. The van der Waals surface area contributed by atoms with Crippen molar-refractivity contribution in [3.05, 3.63) is 21.5 Å². The molecule has 0 aliphatic rings. The van der Waals surface area contributed by atoms with E-state index in [1.54, 1.807) is 22.7 Å². The molecular formula is C13H19N3S2. The van der Waals surface area contributed by atoms with E-state index in [4.69, 9.17) is 4.98 Å². The summed E-state index contributed by atoms with van der Waals surface area (Å²) < 4.78 is 0. The van der Waals surface area contributed by atoms with Crippen LogP contribution in [0.15, 0.2) is 10.9 Å². The number of thiazole rings is 2. The van der Waals surface area contributed by atoms with Crippen LogP contribution in [0.1, 0.15) is 43.7 Å². The number of rotatable bonds is 6. The first-order chi connectivity index (χ1) is 8.72. The standard InChI is InChI=1S/C13H19N3S2/c1-4-5-14-6-11-12(9(2)3)16-13(18-11)10-7-17-8-15-10/h7-9,14H,4-6H2,1-3H3. The summed E-state index contributed by atoms with van der Waals surface area (Å²) in [6.07, 6.45) is 1.16. The second kappa shape index (κ2) is 6.41. The minimum Gasteiger partial charge on any atom is -0.312 e. The second-order valence-corrected chi connectivity index (χ2v) is 6.33. The Morgan fingerprint density at radius 1 is 1.39 bits per heavy atom. The van der Waals surface area contributed by atoms with E-state index >= 15 is 0 Å². The summed E-state index contributed by atoms with van der Waals surface area (Å²) in [7, 11) is 0. The van der Waals surface area contributed by atoms with Gasteiger partial charge in [0.15, 0.2) is 0 Å². The van der Waals surface area contributed by atoms with Crippen molar-refractivity contribution in [1.82, 2.24) is 15.3 Å². The van der Waals surface area contributed by atoms with Crippen LogP contribution in [0, 0.1) is 0 Å². The van der Waals surface area contributed by atoms with Gasteiger partial charge in [0.25, 0.3) is 0 Å². The van der Waals surface area contributed by atoms with Crippen molar-refractivity contribution in [2.45, 2.75) is 39.7 Å². The number of hydrogen-bond acceptors (Lipinski definition) is 5. The van der Waals surface area contributed by atoms with Gasteiger partial charge in [-0.05, 0) is 18.9 Å². The third-order valence-electron chi connectivity index (χ3n) is 2.64. The maximum Gasteiger partial charge on any atom is 0.143 e. The molecule has 2 aromatic rings. The molecule has 0 aliphatic carbocycles. The van der Waals surface area contributed by atoms with E-state index in [-0.39, 0.29) is 0 Å². The van der Waals surface area contributed by atoms with E-state index in [1.807, 2.05) is 5.51 Å². The van der Waals surface area contributed by atoms with E-state index in [9.17, 15) is 0 Å². The smallest absolute Gasteiger partial charge is 0.143 e. The Bertz CT molecular complexity index is 474. The van der Waals surface area contributed by atoms with Crippen LogP contribution in [-0.4, -0.2) is 16.5 Å². The highest BCUT2D eigenvalue weighted by atomic mass is 32.1. The molecule has 0 aliphatic heterocycles. The van der Waals surface area contributed by atoms with E-state index < -0.39 is 0 Å². The third-order valence-corrected chi connectivity index (χ3v) is 4.32. The van der Waals surface area contributed by atoms with Crippen molar-refractivity contribution in [2.75, 3.05) is 6.54 Å². The van der Waals surface area contributed by atoms with Crippen LogP contribution < -0.4 is 5.32 Å². The van der Waals surface area contributed by atoms with Gasteiger partial charge in [-0.25, -0.2) is 9.97 Å². The lowest BCUT2D eigenvalue weighted by Crippen LogP contribution is -2.14. The quantitative estimate of drug-likeness (QED) is 0.816. The van der Waals surface area contributed by atoms with Gasteiger partial charge in [0, 0.05) is 16.8 Å². The SMILES string of the molecule is CCCNCc1sc(-c2cscn2)nc1C(C)C. The second-order valence-electron chi connectivity index (χ2n) is 4.53. The van der Waals surface area contributed by atoms with E-state index in [0.717, 1.165) is 30.2 Å². The van der Waals surface area contributed by atoms with Gasteiger partial charge in [-0.2, -0.15) is 0 Å². The van der Waals surface area contributed by atoms with Crippen LogP contribution in [0.3, 0.4) is 0 Å². The first-order valence-electron chi connectivity index (χ1n) is 6.31. The van der Waals surface area contributed by atoms with Crippen molar-refractivity contribution >= 4 is 22.7 Å². The van der Waals surface area contributed by atoms with Gasteiger partial charge in [-0.3, -0.25) is 0 Å². The van der Waals surface area contributed by atoms with Crippen LogP contribution in [0.5, 0.6) is 0 Å². The summed E-state index contributed by atoms with van der Waals surface area (Å²) in [5, 5.41) is 6.57. The van der Waals surface area contributed by atoms with Gasteiger partial charge in [0.1, 0.15) is 10.7 Å². The Morgan fingerprint density at radius 3 is 2.83 bits per heavy atom. The van der Waals surface area contributed by atoms with Crippen molar-refractivity contribution in [3.8, 4) is 10.7 Å². The first kappa shape index (κ1) is 13.6. The molecule has 98 valence electrons. The van der Waals surface area contributed by atoms with Crippen LogP contribution >= 0.6 is 22.7 Å². The minimum atomic E-state index is 0.465. The van der Waals surface area contributed by atoms with Gasteiger partial charge in [0.2, 0.25) is 0 Å². The fraction of sp³-hybridized carbons (Fsp3) is 0.538. The first-order valence-corrected chi connectivity index (χ1v) is 8.07. The monoisotopic (exact) mass is 281 g/mol. The molecular weight excluding hydrogens is 262 g/mol. The van der Waals surface area contributed by atoms with Crippen LogP contribution in [-0.2, 0) is 6.54 Å². The number of nitrogens with zero attached hydrogens (tertiary/aromatic N) is 2. The van der Waals surface area contributed by atoms with Crippen molar-refractivity contribution in [1.29, 1.82) is 0 Å². The average Bonchev–Trinajstić information content (AvgIpc) is 2.97. The van der Waals surface area contributed by atoms with E-state index in [1.165, 1.54) is 10.6 Å². The molecule has 0 amide bonds. The molecule has 18 heavy (non-hydrogen) atoms. The zero-order valence-corrected chi connectivity index (χ0v) is 12.7. The Hall–Kier alpha value is -0.780. The number of hydrogen-bond donors (Lipinski definition) is 1. The summed E-state index contributed by atoms with van der Waals surface area (Å²) in [6.45, 7) is 8.56. The van der Waals surface area contributed by atoms with Crippen molar-refractivity contribution in [3.63, 3.8) is 0 Å². The highest BCUT2D eigenvalue weighted by Crippen LogP contribution is 2.31. The summed E-state index contributed by atoms with van der Waals surface area (Å²) in [6, 6.07) is 0. The molecule has 0 radical (unpaired) electrons. The van der Waals surface area contributed by atoms with Gasteiger partial charge < -0.3 is 5.32 Å². The molecule has 1 N–H and O–H groups in total. The largest absolute Gasteiger partial charge is 0.312 e. The zero-order valence-electron chi connectivity index (χ0n) is 11.1. The van der Waals surface area contributed by atoms with Crippen molar-refractivity contribution < 1.29 is 0 Å². The lowest BCUT2D eigenvalue weighted by Gasteiger charge is -2.05. The summed E-state index contributed by atoms with van der Waals surface area (Å²) >= 11 is 3.39.